The summed E-state index contributed by atoms with van der Waals surface area (Å²) in [4.78, 5) is 26.6. The average Bonchev–Trinajstić information content (AvgIpc) is 3.55. The first-order chi connectivity index (χ1) is 19.6. The maximum absolute atomic E-state index is 14.3. The predicted octanol–water partition coefficient (Wildman–Crippen LogP) is 4.57. The van der Waals surface area contributed by atoms with E-state index in [4.69, 9.17) is 9.57 Å². The Bertz CT molecular complexity index is 1570. The Labute approximate surface area is 232 Å². The molecule has 0 spiro atoms. The van der Waals surface area contributed by atoms with Crippen molar-refractivity contribution in [3.63, 3.8) is 0 Å². The number of hydrogen-bond acceptors (Lipinski definition) is 8. The molecule has 2 unspecified atom stereocenters. The van der Waals surface area contributed by atoms with Crippen LogP contribution in [-0.2, 0) is 15.8 Å². The monoisotopic (exact) mass is 570 g/mol. The number of carbonyl (C=O) groups is 1. The largest absolute Gasteiger partial charge is 0.547 e. The van der Waals surface area contributed by atoms with Crippen LogP contribution in [0.1, 0.15) is 43.5 Å². The van der Waals surface area contributed by atoms with Crippen molar-refractivity contribution in [2.45, 2.75) is 38.5 Å². The van der Waals surface area contributed by atoms with Crippen LogP contribution in [0.4, 0.5) is 17.6 Å². The van der Waals surface area contributed by atoms with Gasteiger partial charge in [0.15, 0.2) is 17.6 Å². The molecule has 0 saturated heterocycles. The number of carboxylic acids is 1. The molecule has 9 nitrogen and oxygen atoms in total. The summed E-state index contributed by atoms with van der Waals surface area (Å²) in [5.74, 6) is -2.18. The fourth-order valence-corrected chi connectivity index (χ4v) is 4.55. The Balaban J connectivity index is 1.53. The van der Waals surface area contributed by atoms with E-state index >= 15 is 0 Å². The third-order valence-electron chi connectivity index (χ3n) is 6.44. The van der Waals surface area contributed by atoms with Crippen LogP contribution in [0.25, 0.3) is 22.8 Å². The summed E-state index contributed by atoms with van der Waals surface area (Å²) in [6.07, 6.45) is -0.260. The highest BCUT2D eigenvalue weighted by molar-refractivity contribution is 5.73. The molecule has 5 rings (SSSR count). The Kier molecular flexibility index (Phi) is 7.63. The van der Waals surface area contributed by atoms with Gasteiger partial charge in [0.25, 0.3) is 0 Å². The van der Waals surface area contributed by atoms with Crippen molar-refractivity contribution in [3.05, 3.63) is 83.6 Å². The number of carboxylic acid groups (broad SMARTS) is 1. The third-order valence-corrected chi connectivity index (χ3v) is 6.44. The zero-order chi connectivity index (χ0) is 29.3. The van der Waals surface area contributed by atoms with Gasteiger partial charge in [-0.25, -0.2) is 14.4 Å². The van der Waals surface area contributed by atoms with Crippen LogP contribution in [0, 0.1) is 5.82 Å². The molecule has 13 heteroatoms. The van der Waals surface area contributed by atoms with Crippen LogP contribution >= 0.6 is 0 Å². The smallest absolute Gasteiger partial charge is 0.416 e. The van der Waals surface area contributed by atoms with Gasteiger partial charge in [-0.1, -0.05) is 25.1 Å². The second kappa shape index (κ2) is 11.2. The van der Waals surface area contributed by atoms with E-state index < -0.39 is 35.6 Å². The van der Waals surface area contributed by atoms with E-state index in [0.717, 1.165) is 10.7 Å². The standard InChI is InChI=1S/C28H25F4N5O4/c1-3-11-40-16-9-10-17(19(12-16)28(30,31)32)23-13-24(41-37(23)4-2)25(27(38)39)36-15-22-21(14-33-36)34-26(35-22)18-7-5-6-8-20(18)29/h5-10,12-15,23,25H,3-4,11H2,1-2H3,(H,38,39)/p-1. The fourth-order valence-electron chi connectivity index (χ4n) is 4.55. The number of fused-ring (bicyclic) bond motifs is 1. The molecule has 2 aromatic rings. The Morgan fingerprint density at radius 2 is 1.90 bits per heavy atom. The summed E-state index contributed by atoms with van der Waals surface area (Å²) in [5.41, 5.74) is -0.414. The molecule has 2 aromatic carbocycles. The minimum Gasteiger partial charge on any atom is -0.547 e. The summed E-state index contributed by atoms with van der Waals surface area (Å²) < 4.78 is 62.9. The number of halogens is 4. The number of aliphatic carboxylic acids is 1. The van der Waals surface area contributed by atoms with E-state index in [1.807, 2.05) is 6.92 Å². The van der Waals surface area contributed by atoms with Gasteiger partial charge in [0.2, 0.25) is 0 Å². The van der Waals surface area contributed by atoms with Crippen molar-refractivity contribution in [1.29, 1.82) is 0 Å². The number of imidazole rings is 1. The second-order valence-corrected chi connectivity index (χ2v) is 9.21. The molecule has 3 aliphatic rings. The van der Waals surface area contributed by atoms with Gasteiger partial charge < -0.3 is 19.5 Å². The molecule has 3 heterocycles. The molecule has 0 radical (unpaired) electrons. The molecule has 0 N–H and O–H groups in total. The minimum atomic E-state index is -4.71. The van der Waals surface area contributed by atoms with Gasteiger partial charge in [0.05, 0.1) is 42.1 Å². The van der Waals surface area contributed by atoms with Crippen molar-refractivity contribution < 1.29 is 37.0 Å². The van der Waals surface area contributed by atoms with E-state index in [2.05, 4.69) is 15.1 Å². The molecule has 0 aromatic heterocycles. The molecular weight excluding hydrogens is 546 g/mol. The summed E-state index contributed by atoms with van der Waals surface area (Å²) >= 11 is 0. The van der Waals surface area contributed by atoms with Crippen LogP contribution in [0.3, 0.4) is 0 Å². The lowest BCUT2D eigenvalue weighted by Gasteiger charge is -2.26. The van der Waals surface area contributed by atoms with E-state index in [1.54, 1.807) is 13.0 Å². The summed E-state index contributed by atoms with van der Waals surface area (Å²) in [5, 5.41) is 17.7. The van der Waals surface area contributed by atoms with Crippen LogP contribution < -0.4 is 9.84 Å². The molecule has 0 fully saturated rings. The van der Waals surface area contributed by atoms with Crippen LogP contribution in [0.2, 0.25) is 0 Å². The van der Waals surface area contributed by atoms with Gasteiger partial charge >= 0.3 is 6.18 Å². The lowest BCUT2D eigenvalue weighted by molar-refractivity contribution is -0.311. The normalized spacial score (nSPS) is 16.4. The maximum atomic E-state index is 14.3. The summed E-state index contributed by atoms with van der Waals surface area (Å²) in [7, 11) is 0. The molecule has 2 atom stereocenters. The van der Waals surface area contributed by atoms with E-state index in [-0.39, 0.29) is 53.0 Å². The van der Waals surface area contributed by atoms with Gasteiger partial charge in [0.1, 0.15) is 23.0 Å². The number of carbonyl (C=O) groups excluding carboxylic acids is 1. The van der Waals surface area contributed by atoms with E-state index in [0.29, 0.717) is 6.42 Å². The minimum absolute atomic E-state index is 0.0697. The van der Waals surface area contributed by atoms with Crippen molar-refractivity contribution in [2.24, 2.45) is 0 Å². The fraction of sp³-hybridized carbons (Fsp3) is 0.286. The molecule has 41 heavy (non-hydrogen) atoms. The molecule has 0 bridgehead atoms. The number of hydrogen-bond donors (Lipinski definition) is 0. The first kappa shape index (κ1) is 28.0. The number of hydroxylamine groups is 2. The molecule has 214 valence electrons. The number of likely N-dealkylation sites (N-methyl/N-ethyl adjacent to an activating group) is 1. The van der Waals surface area contributed by atoms with Crippen LogP contribution in [-0.4, -0.2) is 43.9 Å². The van der Waals surface area contributed by atoms with Crippen molar-refractivity contribution >= 4 is 5.97 Å². The molecule has 3 aliphatic heterocycles. The number of alkyl halides is 3. The lowest BCUT2D eigenvalue weighted by atomic mass is 9.98. The van der Waals surface area contributed by atoms with Crippen molar-refractivity contribution in [3.8, 4) is 28.5 Å². The highest BCUT2D eigenvalue weighted by Gasteiger charge is 2.40. The first-order valence-corrected chi connectivity index (χ1v) is 12.8. The van der Waals surface area contributed by atoms with Crippen molar-refractivity contribution in [1.82, 2.24) is 24.8 Å². The predicted molar refractivity (Wildman–Crippen MR) is 135 cm³/mol. The number of nitrogens with zero attached hydrogens (tertiary/aromatic N) is 5. The zero-order valence-electron chi connectivity index (χ0n) is 21.9. The number of rotatable bonds is 9. The van der Waals surface area contributed by atoms with Crippen LogP contribution in [0.5, 0.6) is 5.75 Å². The second-order valence-electron chi connectivity index (χ2n) is 9.21. The highest BCUT2D eigenvalue weighted by atomic mass is 19.4. The van der Waals surface area contributed by atoms with Gasteiger partial charge in [-0.3, -0.25) is 4.68 Å². The first-order valence-electron chi connectivity index (χ1n) is 12.8. The Morgan fingerprint density at radius 3 is 2.59 bits per heavy atom. The SMILES string of the molecule is CCCOc1ccc(C2C=C(C(C(=O)[O-])n3cc4nc(-c5ccccc5F)nc-4cn3)ON2CC)c(C(F)(F)F)c1. The topological polar surface area (TPSA) is 105 Å². The highest BCUT2D eigenvalue weighted by Crippen LogP contribution is 2.43. The zero-order valence-corrected chi connectivity index (χ0v) is 21.9. The van der Waals surface area contributed by atoms with E-state index in [1.165, 1.54) is 53.9 Å². The van der Waals surface area contributed by atoms with Crippen molar-refractivity contribution in [2.75, 3.05) is 13.2 Å². The summed E-state index contributed by atoms with van der Waals surface area (Å²) in [6, 6.07) is 6.85. The number of benzene rings is 2. The molecule has 0 saturated carbocycles. The lowest BCUT2D eigenvalue weighted by Crippen LogP contribution is -2.36. The number of ether oxygens (including phenoxy) is 1. The van der Waals surface area contributed by atoms with Gasteiger partial charge in [-0.15, -0.1) is 5.06 Å². The molecular formula is C28H24F4N5O4-. The summed E-state index contributed by atoms with van der Waals surface area (Å²) in [6.45, 7) is 3.88. The van der Waals surface area contributed by atoms with Gasteiger partial charge in [-0.05, 0) is 49.2 Å². The Morgan fingerprint density at radius 1 is 1.15 bits per heavy atom. The van der Waals surface area contributed by atoms with Gasteiger partial charge in [0, 0.05) is 6.54 Å². The van der Waals surface area contributed by atoms with Gasteiger partial charge in [-0.2, -0.15) is 18.3 Å². The van der Waals surface area contributed by atoms with Crippen LogP contribution in [0.15, 0.2) is 66.7 Å². The Hall–Kier alpha value is -4.52. The number of aromatic nitrogens is 4. The maximum Gasteiger partial charge on any atom is 0.416 e. The quantitative estimate of drug-likeness (QED) is 0.270. The molecule has 0 amide bonds. The third kappa shape index (κ3) is 5.57. The average molecular weight is 571 g/mol. The molecule has 0 aliphatic carbocycles. The van der Waals surface area contributed by atoms with E-state index in [9.17, 15) is 27.5 Å².